The topological polar surface area (TPSA) is 170 Å². The van der Waals surface area contributed by atoms with Crippen molar-refractivity contribution in [2.24, 2.45) is 0 Å². The van der Waals surface area contributed by atoms with Crippen molar-refractivity contribution in [3.05, 3.63) is 33.9 Å². The van der Waals surface area contributed by atoms with Crippen molar-refractivity contribution < 1.29 is 42.6 Å². The summed E-state index contributed by atoms with van der Waals surface area (Å²) in [6, 6.07) is 0.449. The van der Waals surface area contributed by atoms with Gasteiger partial charge >= 0.3 is 15.2 Å². The highest BCUT2D eigenvalue weighted by Gasteiger charge is 2.50. The lowest BCUT2D eigenvalue weighted by molar-refractivity contribution is 0.0991. The fourth-order valence-corrected chi connectivity index (χ4v) is 6.81. The Morgan fingerprint density at radius 1 is 1.15 bits per heavy atom. The monoisotopic (exact) mass is 519 g/mol. The second kappa shape index (κ2) is 8.53. The van der Waals surface area contributed by atoms with E-state index in [0.717, 1.165) is 12.3 Å². The Kier molecular flexibility index (Phi) is 6.27. The number of rotatable bonds is 5. The number of benzene rings is 1. The number of carbonyl (C=O) groups excluding carboxylic acids is 1. The maximum absolute atomic E-state index is 15.3. The summed E-state index contributed by atoms with van der Waals surface area (Å²) in [5.41, 5.74) is -1.59. The molecule has 0 spiro atoms. The average molecular weight is 519 g/mol. The zero-order valence-electron chi connectivity index (χ0n) is 18.3. The molecule has 0 radical (unpaired) electrons. The van der Waals surface area contributed by atoms with Crippen LogP contribution in [0.1, 0.15) is 23.3 Å². The number of carbonyl (C=O) groups is 1. The maximum atomic E-state index is 15.3. The van der Waals surface area contributed by atoms with Crippen molar-refractivity contribution in [2.45, 2.75) is 18.4 Å². The predicted octanol–water partition coefficient (Wildman–Crippen LogP) is 0.710. The van der Waals surface area contributed by atoms with Crippen LogP contribution in [0.15, 0.2) is 17.1 Å². The molecule has 1 atom stereocenters. The number of hydrogen-bond acceptors (Lipinski definition) is 7. The third kappa shape index (κ3) is 4.22. The fraction of sp³-hybridized carbons (Fsp3) is 0.474. The zero-order chi connectivity index (χ0) is 25.2. The predicted molar refractivity (Wildman–Crippen MR) is 120 cm³/mol. The van der Waals surface area contributed by atoms with Crippen molar-refractivity contribution >= 4 is 37.6 Å². The Labute approximate surface area is 192 Å². The first-order valence-electron chi connectivity index (χ1n) is 10.3. The molecule has 1 fully saturated rings. The van der Waals surface area contributed by atoms with Gasteiger partial charge in [-0.1, -0.05) is 0 Å². The number of piperazine rings is 1. The van der Waals surface area contributed by atoms with Crippen LogP contribution in [0.3, 0.4) is 0 Å². The molecule has 1 unspecified atom stereocenters. The van der Waals surface area contributed by atoms with E-state index in [1.54, 1.807) is 11.8 Å². The molecule has 0 saturated carbocycles. The van der Waals surface area contributed by atoms with Gasteiger partial charge in [0.2, 0.25) is 5.40 Å². The Balaban J connectivity index is 1.96. The van der Waals surface area contributed by atoms with Gasteiger partial charge in [-0.15, -0.1) is 0 Å². The second-order valence-electron chi connectivity index (χ2n) is 8.58. The molecule has 12 nitrogen and oxygen atoms in total. The minimum Gasteiger partial charge on any atom is -0.487 e. The Hall–Kier alpha value is -2.11. The second-order valence-corrected chi connectivity index (χ2v) is 12.4. The summed E-state index contributed by atoms with van der Waals surface area (Å²) in [5.74, 6) is -2.38. The van der Waals surface area contributed by atoms with E-state index in [-0.39, 0.29) is 28.9 Å². The number of pyridine rings is 1. The quantitative estimate of drug-likeness (QED) is 0.324. The van der Waals surface area contributed by atoms with Gasteiger partial charge in [-0.2, -0.15) is 0 Å². The number of nitrogens with zero attached hydrogens (tertiary/aromatic N) is 3. The Morgan fingerprint density at radius 2 is 1.74 bits per heavy atom. The number of ketones is 1. The molecule has 186 valence electrons. The summed E-state index contributed by atoms with van der Waals surface area (Å²) >= 11 is 0. The zero-order valence-corrected chi connectivity index (χ0v) is 20.1. The molecule has 0 aliphatic carbocycles. The number of halogens is 1. The molecule has 1 aromatic carbocycles. The molecular weight excluding hydrogens is 495 g/mol. The van der Waals surface area contributed by atoms with Crippen LogP contribution in [-0.4, -0.2) is 80.1 Å². The normalized spacial score (nSPS) is 19.5. The van der Waals surface area contributed by atoms with Crippen molar-refractivity contribution in [1.29, 1.82) is 0 Å². The number of hydrogen-bond donors (Lipinski definition) is 4. The van der Waals surface area contributed by atoms with Crippen LogP contribution >= 0.6 is 15.2 Å². The van der Waals surface area contributed by atoms with Gasteiger partial charge in [-0.05, 0) is 20.0 Å². The summed E-state index contributed by atoms with van der Waals surface area (Å²) < 4.78 is 46.1. The molecular formula is C19H24FN3O9P2. The van der Waals surface area contributed by atoms with Gasteiger partial charge in [0.05, 0.1) is 22.5 Å². The van der Waals surface area contributed by atoms with Crippen LogP contribution in [0, 0.1) is 5.82 Å². The molecule has 1 aromatic heterocycles. The Bertz CT molecular complexity index is 1300. The third-order valence-corrected chi connectivity index (χ3v) is 9.65. The first-order chi connectivity index (χ1) is 15.7. The summed E-state index contributed by atoms with van der Waals surface area (Å²) in [6.45, 7) is 4.11. The van der Waals surface area contributed by atoms with Gasteiger partial charge in [-0.3, -0.25) is 18.7 Å². The van der Waals surface area contributed by atoms with E-state index in [1.807, 2.05) is 7.05 Å². The molecule has 1 saturated heterocycles. The Morgan fingerprint density at radius 3 is 2.29 bits per heavy atom. The van der Waals surface area contributed by atoms with E-state index < -0.39 is 49.2 Å². The molecule has 2 aliphatic rings. The molecule has 34 heavy (non-hydrogen) atoms. The van der Waals surface area contributed by atoms with E-state index in [9.17, 15) is 38.3 Å². The lowest BCUT2D eigenvalue weighted by atomic mass is 10.0. The summed E-state index contributed by atoms with van der Waals surface area (Å²) in [7, 11) is -9.35. The molecule has 2 aliphatic heterocycles. The summed E-state index contributed by atoms with van der Waals surface area (Å²) in [5, 5.41) is -3.33. The van der Waals surface area contributed by atoms with Crippen LogP contribution in [0.5, 0.6) is 5.75 Å². The minimum absolute atomic E-state index is 0.0449. The number of anilines is 1. The van der Waals surface area contributed by atoms with Gasteiger partial charge in [-0.25, -0.2) is 4.39 Å². The third-order valence-electron chi connectivity index (χ3n) is 6.10. The van der Waals surface area contributed by atoms with Crippen LogP contribution in [0.4, 0.5) is 10.1 Å². The van der Waals surface area contributed by atoms with E-state index in [0.29, 0.717) is 26.2 Å². The number of likely N-dealkylation sites (N-methyl/N-ethyl adjacent to an activating group) is 1. The molecule has 4 rings (SSSR count). The van der Waals surface area contributed by atoms with Crippen LogP contribution in [0.2, 0.25) is 0 Å². The van der Waals surface area contributed by atoms with Gasteiger partial charge in [0.25, 0.3) is 0 Å². The highest BCUT2D eigenvalue weighted by molar-refractivity contribution is 7.72. The van der Waals surface area contributed by atoms with Crippen molar-refractivity contribution in [2.75, 3.05) is 44.7 Å². The highest BCUT2D eigenvalue weighted by atomic mass is 31.2. The molecule has 2 aromatic rings. The van der Waals surface area contributed by atoms with Crippen LogP contribution in [0.25, 0.3) is 10.9 Å². The molecule has 15 heteroatoms. The van der Waals surface area contributed by atoms with E-state index >= 15 is 4.39 Å². The maximum Gasteiger partial charge on any atom is 0.348 e. The van der Waals surface area contributed by atoms with Crippen molar-refractivity contribution in [1.82, 2.24) is 9.47 Å². The lowest BCUT2D eigenvalue weighted by Crippen LogP contribution is -2.45. The SMILES string of the molecule is CC1COc2c(N3CCN(C)CC3)c(F)cc3c(=O)c(C(=O)C(P(=O)(O)O)P(=O)(O)O)cn1c23. The van der Waals surface area contributed by atoms with E-state index in [2.05, 4.69) is 4.90 Å². The van der Waals surface area contributed by atoms with E-state index in [1.165, 1.54) is 4.57 Å². The first kappa shape index (κ1) is 25.0. The molecule has 4 N–H and O–H groups in total. The lowest BCUT2D eigenvalue weighted by Gasteiger charge is -2.37. The first-order valence-corrected chi connectivity index (χ1v) is 13.7. The smallest absolute Gasteiger partial charge is 0.348 e. The van der Waals surface area contributed by atoms with Crippen molar-refractivity contribution in [3.8, 4) is 5.75 Å². The van der Waals surface area contributed by atoms with Crippen molar-refractivity contribution in [3.63, 3.8) is 0 Å². The van der Waals surface area contributed by atoms with E-state index in [4.69, 9.17) is 4.74 Å². The molecule has 3 heterocycles. The number of Topliss-reactive ketones (excluding diaryl/α,β-unsaturated/α-hetero) is 1. The van der Waals surface area contributed by atoms with Gasteiger partial charge < -0.3 is 38.7 Å². The van der Waals surface area contributed by atoms with Gasteiger partial charge in [0.1, 0.15) is 12.3 Å². The number of ether oxygens (including phenoxy) is 1. The highest BCUT2D eigenvalue weighted by Crippen LogP contribution is 2.60. The van der Waals surface area contributed by atoms with Crippen LogP contribution in [-0.2, 0) is 9.13 Å². The average Bonchev–Trinajstić information content (AvgIpc) is 2.70. The summed E-state index contributed by atoms with van der Waals surface area (Å²) in [4.78, 5) is 67.6. The van der Waals surface area contributed by atoms with Crippen LogP contribution < -0.4 is 15.1 Å². The van der Waals surface area contributed by atoms with Gasteiger partial charge in [0.15, 0.2) is 22.8 Å². The summed E-state index contributed by atoms with van der Waals surface area (Å²) in [6.07, 6.45) is 1.01. The minimum atomic E-state index is -5.64. The molecule has 0 bridgehead atoms. The van der Waals surface area contributed by atoms with Gasteiger partial charge in [0, 0.05) is 32.4 Å². The standard InChI is InChI=1S/C19H24FN3O9P2/c1-10-9-32-18-14-11(7-13(20)15(18)22-5-3-21(2)4-6-22)16(24)12(8-23(10)14)17(25)19(33(26,27)28)34(29,30)31/h7-8,10,19H,3-6,9H2,1-2H3,(H2,26,27,28)(H2,29,30,31). The molecule has 0 amide bonds. The number of aromatic nitrogens is 1. The largest absolute Gasteiger partial charge is 0.487 e. The fourth-order valence-electron chi connectivity index (χ4n) is 4.35.